The highest BCUT2D eigenvalue weighted by atomic mass is 15.1. The third-order valence-electron chi connectivity index (χ3n) is 3.36. The second-order valence-electron chi connectivity index (χ2n) is 6.01. The summed E-state index contributed by atoms with van der Waals surface area (Å²) >= 11 is 0. The van der Waals surface area contributed by atoms with E-state index in [1.54, 1.807) is 6.07 Å². The van der Waals surface area contributed by atoms with Crippen LogP contribution < -0.4 is 0 Å². The molecule has 19 heavy (non-hydrogen) atoms. The number of nitrogens with one attached hydrogen (secondary N) is 1. The lowest BCUT2D eigenvalue weighted by molar-refractivity contribution is 0.589. The molecule has 2 aromatic rings. The van der Waals surface area contributed by atoms with E-state index in [-0.39, 0.29) is 5.41 Å². The van der Waals surface area contributed by atoms with Crippen molar-refractivity contribution in [3.05, 3.63) is 40.6 Å². The van der Waals surface area contributed by atoms with Crippen LogP contribution in [0.3, 0.4) is 0 Å². The van der Waals surface area contributed by atoms with E-state index in [1.165, 1.54) is 16.7 Å². The number of aromatic nitrogens is 2. The largest absolute Gasteiger partial charge is 0.276 e. The van der Waals surface area contributed by atoms with Crippen molar-refractivity contribution < 1.29 is 0 Å². The van der Waals surface area contributed by atoms with Crippen LogP contribution in [0.15, 0.2) is 18.2 Å². The second-order valence-corrected chi connectivity index (χ2v) is 6.01. The Morgan fingerprint density at radius 2 is 1.68 bits per heavy atom. The lowest BCUT2D eigenvalue weighted by Crippen LogP contribution is -2.12. The number of benzene rings is 1. The Bertz CT molecular complexity index is 628. The van der Waals surface area contributed by atoms with Gasteiger partial charge in [0.25, 0.3) is 0 Å². The molecule has 1 aromatic carbocycles. The van der Waals surface area contributed by atoms with Crippen molar-refractivity contribution in [1.29, 1.82) is 5.26 Å². The molecule has 0 amide bonds. The molecule has 0 unspecified atom stereocenters. The Morgan fingerprint density at radius 1 is 1.11 bits per heavy atom. The minimum absolute atomic E-state index is 0.139. The number of rotatable bonds is 1. The summed E-state index contributed by atoms with van der Waals surface area (Å²) in [6.07, 6.45) is 0. The van der Waals surface area contributed by atoms with Crippen LogP contribution in [0.2, 0.25) is 0 Å². The molecule has 0 spiro atoms. The third-order valence-corrected chi connectivity index (χ3v) is 3.36. The molecule has 2 rings (SSSR count). The minimum Gasteiger partial charge on any atom is -0.276 e. The number of hydrogen-bond donors (Lipinski definition) is 1. The van der Waals surface area contributed by atoms with Gasteiger partial charge < -0.3 is 0 Å². The minimum atomic E-state index is 0.139. The molecule has 0 atom stereocenters. The van der Waals surface area contributed by atoms with Gasteiger partial charge in [0.1, 0.15) is 6.07 Å². The summed E-state index contributed by atoms with van der Waals surface area (Å²) in [5.74, 6) is 0. The molecular formula is C16H19N3. The zero-order valence-electron chi connectivity index (χ0n) is 12.1. The molecule has 0 aliphatic carbocycles. The average Bonchev–Trinajstić information content (AvgIpc) is 2.75. The summed E-state index contributed by atoms with van der Waals surface area (Å²) in [6.45, 7) is 10.8. The van der Waals surface area contributed by atoms with Gasteiger partial charge in [-0.05, 0) is 36.0 Å². The van der Waals surface area contributed by atoms with E-state index in [9.17, 15) is 0 Å². The van der Waals surface area contributed by atoms with Crippen LogP contribution in [-0.2, 0) is 5.41 Å². The first-order valence-electron chi connectivity index (χ1n) is 6.40. The normalized spacial score (nSPS) is 11.4. The number of aryl methyl sites for hydroxylation is 2. The van der Waals surface area contributed by atoms with Gasteiger partial charge >= 0.3 is 0 Å². The molecular weight excluding hydrogens is 234 g/mol. The highest BCUT2D eigenvalue weighted by Gasteiger charge is 2.17. The van der Waals surface area contributed by atoms with Crippen LogP contribution >= 0.6 is 0 Å². The zero-order chi connectivity index (χ0) is 14.2. The van der Waals surface area contributed by atoms with Gasteiger partial charge in [-0.15, -0.1) is 0 Å². The lowest BCUT2D eigenvalue weighted by Gasteiger charge is -2.22. The van der Waals surface area contributed by atoms with E-state index in [0.717, 1.165) is 11.3 Å². The van der Waals surface area contributed by atoms with E-state index >= 15 is 0 Å². The maximum Gasteiger partial charge on any atom is 0.162 e. The van der Waals surface area contributed by atoms with Crippen LogP contribution in [0.4, 0.5) is 0 Å². The van der Waals surface area contributed by atoms with Crippen molar-refractivity contribution in [2.24, 2.45) is 0 Å². The molecule has 1 N–H and O–H groups in total. The van der Waals surface area contributed by atoms with Gasteiger partial charge in [0.15, 0.2) is 5.69 Å². The Balaban J connectivity index is 2.57. The van der Waals surface area contributed by atoms with Gasteiger partial charge in [-0.2, -0.15) is 10.4 Å². The molecule has 3 heteroatoms. The van der Waals surface area contributed by atoms with Crippen LogP contribution in [0.1, 0.15) is 43.2 Å². The smallest absolute Gasteiger partial charge is 0.162 e. The molecule has 0 saturated heterocycles. The van der Waals surface area contributed by atoms with E-state index < -0.39 is 0 Å². The predicted molar refractivity (Wildman–Crippen MR) is 76.9 cm³/mol. The summed E-state index contributed by atoms with van der Waals surface area (Å²) in [7, 11) is 0. The molecule has 1 aromatic heterocycles. The molecule has 98 valence electrons. The van der Waals surface area contributed by atoms with E-state index in [4.69, 9.17) is 5.26 Å². The van der Waals surface area contributed by atoms with Crippen molar-refractivity contribution in [2.45, 2.75) is 40.0 Å². The van der Waals surface area contributed by atoms with Crippen LogP contribution in [0, 0.1) is 25.2 Å². The molecule has 0 aliphatic heterocycles. The first-order chi connectivity index (χ1) is 8.82. The highest BCUT2D eigenvalue weighted by molar-refractivity contribution is 5.69. The van der Waals surface area contributed by atoms with Crippen LogP contribution in [0.5, 0.6) is 0 Å². The molecule has 3 nitrogen and oxygen atoms in total. The number of nitrogens with zero attached hydrogens (tertiary/aromatic N) is 2. The molecule has 0 saturated carbocycles. The van der Waals surface area contributed by atoms with Gasteiger partial charge in [-0.1, -0.05) is 32.9 Å². The Kier molecular flexibility index (Phi) is 3.20. The second kappa shape index (κ2) is 4.55. The summed E-state index contributed by atoms with van der Waals surface area (Å²) in [5.41, 5.74) is 6.35. The van der Waals surface area contributed by atoms with Crippen molar-refractivity contribution in [1.82, 2.24) is 10.2 Å². The summed E-state index contributed by atoms with van der Waals surface area (Å²) < 4.78 is 0. The quantitative estimate of drug-likeness (QED) is 0.839. The monoisotopic (exact) mass is 253 g/mol. The average molecular weight is 253 g/mol. The lowest BCUT2D eigenvalue weighted by atomic mass is 9.83. The zero-order valence-corrected chi connectivity index (χ0v) is 12.1. The molecule has 0 aliphatic rings. The first-order valence-corrected chi connectivity index (χ1v) is 6.40. The summed E-state index contributed by atoms with van der Waals surface area (Å²) in [5, 5.41) is 15.8. The Labute approximate surface area is 114 Å². The fourth-order valence-corrected chi connectivity index (χ4v) is 2.33. The van der Waals surface area contributed by atoms with Crippen molar-refractivity contribution in [3.63, 3.8) is 0 Å². The van der Waals surface area contributed by atoms with Gasteiger partial charge in [0.05, 0.1) is 5.69 Å². The number of nitriles is 1. The van der Waals surface area contributed by atoms with Crippen LogP contribution in [-0.4, -0.2) is 10.2 Å². The Morgan fingerprint density at radius 3 is 2.11 bits per heavy atom. The SMILES string of the molecule is Cc1cc(C(C)(C)C)cc(C)c1-c1cc(C#N)n[nH]1. The summed E-state index contributed by atoms with van der Waals surface area (Å²) in [6, 6.07) is 8.28. The standard InChI is InChI=1S/C16H19N3/c1-10-6-12(16(3,4)5)7-11(2)15(10)14-8-13(9-17)18-19-14/h6-8H,1-5H3,(H,18,19). The van der Waals surface area contributed by atoms with E-state index in [2.05, 4.69) is 56.9 Å². The molecule has 0 bridgehead atoms. The number of aromatic amines is 1. The van der Waals surface area contributed by atoms with Crippen LogP contribution in [0.25, 0.3) is 11.3 Å². The first kappa shape index (κ1) is 13.4. The van der Waals surface area contributed by atoms with Gasteiger partial charge in [-0.3, -0.25) is 5.10 Å². The van der Waals surface area contributed by atoms with Gasteiger partial charge in [-0.25, -0.2) is 0 Å². The predicted octanol–water partition coefficient (Wildman–Crippen LogP) is 3.86. The van der Waals surface area contributed by atoms with Gasteiger partial charge in [0, 0.05) is 11.6 Å². The Hall–Kier alpha value is -2.08. The number of H-pyrrole nitrogens is 1. The number of hydrogen-bond acceptors (Lipinski definition) is 2. The maximum absolute atomic E-state index is 8.85. The van der Waals surface area contributed by atoms with E-state index in [0.29, 0.717) is 5.69 Å². The fraction of sp³-hybridized carbons (Fsp3) is 0.375. The molecule has 0 radical (unpaired) electrons. The van der Waals surface area contributed by atoms with Gasteiger partial charge in [0.2, 0.25) is 0 Å². The topological polar surface area (TPSA) is 52.5 Å². The maximum atomic E-state index is 8.85. The molecule has 1 heterocycles. The summed E-state index contributed by atoms with van der Waals surface area (Å²) in [4.78, 5) is 0. The van der Waals surface area contributed by atoms with Crippen molar-refractivity contribution >= 4 is 0 Å². The fourth-order valence-electron chi connectivity index (χ4n) is 2.33. The van der Waals surface area contributed by atoms with E-state index in [1.807, 2.05) is 6.07 Å². The van der Waals surface area contributed by atoms with Crippen molar-refractivity contribution in [2.75, 3.05) is 0 Å². The highest BCUT2D eigenvalue weighted by Crippen LogP contribution is 2.31. The third kappa shape index (κ3) is 2.53. The molecule has 0 fully saturated rings. The van der Waals surface area contributed by atoms with Crippen molar-refractivity contribution in [3.8, 4) is 17.3 Å².